The molecule has 1 nitrogen and oxygen atoms in total. The van der Waals surface area contributed by atoms with Crippen LogP contribution >= 0.6 is 0 Å². The predicted octanol–water partition coefficient (Wildman–Crippen LogP) is 2.03. The van der Waals surface area contributed by atoms with E-state index in [9.17, 15) is 0 Å². The maximum atomic E-state index is 3.42. The molecule has 10 heavy (non-hydrogen) atoms. The first kappa shape index (κ1) is 8.06. The highest BCUT2D eigenvalue weighted by Crippen LogP contribution is 2.46. The van der Waals surface area contributed by atoms with Crippen LogP contribution in [0.15, 0.2) is 0 Å². The van der Waals surface area contributed by atoms with Gasteiger partial charge in [0.15, 0.2) is 0 Å². The van der Waals surface area contributed by atoms with Crippen molar-refractivity contribution < 1.29 is 0 Å². The van der Waals surface area contributed by atoms with Crippen molar-refractivity contribution in [1.29, 1.82) is 0 Å². The first-order valence-corrected chi connectivity index (χ1v) is 4.33. The zero-order chi connectivity index (χ0) is 7.78. The quantitative estimate of drug-likeness (QED) is 0.634. The topological polar surface area (TPSA) is 12.0 Å². The largest absolute Gasteiger partial charge is 0.314 e. The molecule has 60 valence electrons. The molecule has 1 N–H and O–H groups in total. The summed E-state index contributed by atoms with van der Waals surface area (Å²) in [5.41, 5.74) is 0.416. The summed E-state index contributed by atoms with van der Waals surface area (Å²) in [5.74, 6) is 1.89. The molecule has 0 bridgehead atoms. The minimum absolute atomic E-state index is 0.416. The highest BCUT2D eigenvalue weighted by molar-refractivity contribution is 5.00. The molecule has 3 atom stereocenters. The molecule has 1 aliphatic carbocycles. The van der Waals surface area contributed by atoms with Gasteiger partial charge in [-0.05, 0) is 38.6 Å². The van der Waals surface area contributed by atoms with Gasteiger partial charge >= 0.3 is 0 Å². The van der Waals surface area contributed by atoms with Crippen molar-refractivity contribution in [2.75, 3.05) is 7.05 Å². The summed E-state index contributed by atoms with van der Waals surface area (Å²) in [6, 6.07) is 0. The van der Waals surface area contributed by atoms with Gasteiger partial charge in [-0.3, -0.25) is 0 Å². The average molecular weight is 141 g/mol. The summed E-state index contributed by atoms with van der Waals surface area (Å²) in [6.07, 6.45) is 2.67. The molecule has 0 radical (unpaired) electrons. The van der Waals surface area contributed by atoms with Crippen molar-refractivity contribution in [2.45, 2.75) is 39.2 Å². The van der Waals surface area contributed by atoms with Gasteiger partial charge < -0.3 is 5.32 Å². The fourth-order valence-electron chi connectivity index (χ4n) is 1.83. The fourth-order valence-corrected chi connectivity index (χ4v) is 1.83. The Kier molecular flexibility index (Phi) is 2.04. The lowest BCUT2D eigenvalue weighted by atomic mass is 9.92. The zero-order valence-corrected chi connectivity index (χ0v) is 7.57. The number of hydrogen-bond acceptors (Lipinski definition) is 1. The van der Waals surface area contributed by atoms with Crippen LogP contribution in [-0.2, 0) is 0 Å². The molecule has 0 aromatic heterocycles. The van der Waals surface area contributed by atoms with E-state index in [4.69, 9.17) is 0 Å². The van der Waals surface area contributed by atoms with Crippen molar-refractivity contribution in [2.24, 2.45) is 11.8 Å². The molecule has 1 fully saturated rings. The van der Waals surface area contributed by atoms with Gasteiger partial charge in [0.2, 0.25) is 0 Å². The Morgan fingerprint density at radius 2 is 2.10 bits per heavy atom. The van der Waals surface area contributed by atoms with Gasteiger partial charge in [0.05, 0.1) is 0 Å². The second kappa shape index (κ2) is 2.54. The minimum Gasteiger partial charge on any atom is -0.314 e. The van der Waals surface area contributed by atoms with E-state index >= 15 is 0 Å². The second-order valence-electron chi connectivity index (χ2n) is 3.84. The molecular weight excluding hydrogens is 122 g/mol. The molecule has 1 aliphatic rings. The van der Waals surface area contributed by atoms with Gasteiger partial charge in [-0.15, -0.1) is 0 Å². The van der Waals surface area contributed by atoms with E-state index in [1.165, 1.54) is 12.8 Å². The maximum absolute atomic E-state index is 3.42. The molecule has 1 saturated carbocycles. The third kappa shape index (κ3) is 1.20. The summed E-state index contributed by atoms with van der Waals surface area (Å²) in [4.78, 5) is 0. The Hall–Kier alpha value is -0.0400. The SMILES string of the molecule is CCC(C)(NC)C1CC1C. The Bertz CT molecular complexity index is 116. The summed E-state index contributed by atoms with van der Waals surface area (Å²) in [5, 5.41) is 3.42. The summed E-state index contributed by atoms with van der Waals surface area (Å²) < 4.78 is 0. The van der Waals surface area contributed by atoms with E-state index in [0.717, 1.165) is 11.8 Å². The van der Waals surface area contributed by atoms with Gasteiger partial charge in [-0.25, -0.2) is 0 Å². The lowest BCUT2D eigenvalue weighted by molar-refractivity contribution is 0.311. The molecule has 0 aliphatic heterocycles. The van der Waals surface area contributed by atoms with E-state index in [2.05, 4.69) is 33.1 Å². The first-order valence-electron chi connectivity index (χ1n) is 4.33. The van der Waals surface area contributed by atoms with Crippen LogP contribution in [0.1, 0.15) is 33.6 Å². The number of nitrogens with one attached hydrogen (secondary N) is 1. The standard InChI is InChI=1S/C9H19N/c1-5-9(3,10-4)8-6-7(8)2/h7-8,10H,5-6H2,1-4H3. The van der Waals surface area contributed by atoms with Gasteiger partial charge in [0, 0.05) is 5.54 Å². The smallest absolute Gasteiger partial charge is 0.0178 e. The normalized spacial score (nSPS) is 37.2. The molecule has 0 spiro atoms. The second-order valence-corrected chi connectivity index (χ2v) is 3.84. The van der Waals surface area contributed by atoms with E-state index in [1.807, 2.05) is 0 Å². The molecule has 3 unspecified atom stereocenters. The minimum atomic E-state index is 0.416. The molecule has 0 aromatic carbocycles. The lowest BCUT2D eigenvalue weighted by Crippen LogP contribution is -2.41. The summed E-state index contributed by atoms with van der Waals surface area (Å²) in [7, 11) is 2.08. The Labute approximate surface area is 64.2 Å². The number of rotatable bonds is 3. The van der Waals surface area contributed by atoms with E-state index in [1.54, 1.807) is 0 Å². The summed E-state index contributed by atoms with van der Waals surface area (Å²) in [6.45, 7) is 6.94. The van der Waals surface area contributed by atoms with Gasteiger partial charge in [-0.2, -0.15) is 0 Å². The van der Waals surface area contributed by atoms with Crippen molar-refractivity contribution in [3.8, 4) is 0 Å². The Morgan fingerprint density at radius 3 is 2.20 bits per heavy atom. The average Bonchev–Trinajstić information content (AvgIpc) is 2.66. The van der Waals surface area contributed by atoms with Crippen LogP contribution in [0, 0.1) is 11.8 Å². The molecule has 0 saturated heterocycles. The van der Waals surface area contributed by atoms with Crippen LogP contribution in [0.5, 0.6) is 0 Å². The van der Waals surface area contributed by atoms with Crippen molar-refractivity contribution in [3.63, 3.8) is 0 Å². The van der Waals surface area contributed by atoms with E-state index < -0.39 is 0 Å². The lowest BCUT2D eigenvalue weighted by Gasteiger charge is -2.28. The molecule has 0 aromatic rings. The Morgan fingerprint density at radius 1 is 1.60 bits per heavy atom. The van der Waals surface area contributed by atoms with Crippen LogP contribution < -0.4 is 5.32 Å². The molecule has 0 amide bonds. The van der Waals surface area contributed by atoms with Gasteiger partial charge in [-0.1, -0.05) is 13.8 Å². The molecular formula is C9H19N. The van der Waals surface area contributed by atoms with Crippen molar-refractivity contribution in [3.05, 3.63) is 0 Å². The predicted molar refractivity (Wildman–Crippen MR) is 45.0 cm³/mol. The van der Waals surface area contributed by atoms with Crippen LogP contribution in [0.2, 0.25) is 0 Å². The van der Waals surface area contributed by atoms with Crippen molar-refractivity contribution in [1.82, 2.24) is 5.32 Å². The van der Waals surface area contributed by atoms with Gasteiger partial charge in [0.1, 0.15) is 0 Å². The highest BCUT2D eigenvalue weighted by atomic mass is 15.0. The van der Waals surface area contributed by atoms with Crippen LogP contribution in [-0.4, -0.2) is 12.6 Å². The molecule has 0 heterocycles. The van der Waals surface area contributed by atoms with Crippen LogP contribution in [0.4, 0.5) is 0 Å². The van der Waals surface area contributed by atoms with Crippen molar-refractivity contribution >= 4 is 0 Å². The Balaban J connectivity index is 2.48. The van der Waals surface area contributed by atoms with Crippen LogP contribution in [0.3, 0.4) is 0 Å². The van der Waals surface area contributed by atoms with Crippen LogP contribution in [0.25, 0.3) is 0 Å². The van der Waals surface area contributed by atoms with E-state index in [0.29, 0.717) is 5.54 Å². The third-order valence-corrected chi connectivity index (χ3v) is 3.23. The maximum Gasteiger partial charge on any atom is 0.0178 e. The number of hydrogen-bond donors (Lipinski definition) is 1. The third-order valence-electron chi connectivity index (χ3n) is 3.23. The highest BCUT2D eigenvalue weighted by Gasteiger charge is 2.45. The summed E-state index contributed by atoms with van der Waals surface area (Å²) >= 11 is 0. The van der Waals surface area contributed by atoms with Gasteiger partial charge in [0.25, 0.3) is 0 Å². The molecule has 1 heteroatoms. The van der Waals surface area contributed by atoms with E-state index in [-0.39, 0.29) is 0 Å². The zero-order valence-electron chi connectivity index (χ0n) is 7.57. The monoisotopic (exact) mass is 141 g/mol. The first-order chi connectivity index (χ1) is 4.64. The molecule has 1 rings (SSSR count). The fraction of sp³-hybridized carbons (Fsp3) is 1.00.